The van der Waals surface area contributed by atoms with E-state index in [1.165, 1.54) is 0 Å². The number of halogens is 2. The molecule has 0 bridgehead atoms. The van der Waals surface area contributed by atoms with Gasteiger partial charge in [-0.25, -0.2) is 4.98 Å². The van der Waals surface area contributed by atoms with Crippen LogP contribution in [0.4, 0.5) is 0 Å². The molecule has 0 aliphatic carbocycles. The SMILES string of the molecule is ClCCc1nc2c(Cl)cccc2n1Cc1ccon1. The monoisotopic (exact) mass is 295 g/mol. The molecular weight excluding hydrogens is 285 g/mol. The topological polar surface area (TPSA) is 43.9 Å². The summed E-state index contributed by atoms with van der Waals surface area (Å²) in [6, 6.07) is 7.57. The Morgan fingerprint density at radius 2 is 2.16 bits per heavy atom. The minimum absolute atomic E-state index is 0.514. The van der Waals surface area contributed by atoms with Gasteiger partial charge in [0.15, 0.2) is 0 Å². The smallest absolute Gasteiger partial charge is 0.124 e. The molecule has 6 heteroatoms. The maximum Gasteiger partial charge on any atom is 0.124 e. The number of fused-ring (bicyclic) bond motifs is 1. The second kappa shape index (κ2) is 5.23. The second-order valence-electron chi connectivity index (χ2n) is 4.15. The zero-order chi connectivity index (χ0) is 13.2. The van der Waals surface area contributed by atoms with Gasteiger partial charge in [0.25, 0.3) is 0 Å². The normalized spacial score (nSPS) is 11.3. The lowest BCUT2D eigenvalue weighted by Crippen LogP contribution is -2.06. The van der Waals surface area contributed by atoms with E-state index in [4.69, 9.17) is 27.7 Å². The molecular formula is C13H11Cl2N3O. The van der Waals surface area contributed by atoms with Crippen LogP contribution in [0.25, 0.3) is 11.0 Å². The summed E-state index contributed by atoms with van der Waals surface area (Å²) in [6.07, 6.45) is 2.24. The van der Waals surface area contributed by atoms with Gasteiger partial charge in [0.1, 0.15) is 23.3 Å². The molecule has 0 saturated carbocycles. The van der Waals surface area contributed by atoms with Crippen LogP contribution >= 0.6 is 23.2 Å². The average Bonchev–Trinajstić information content (AvgIpc) is 3.01. The van der Waals surface area contributed by atoms with E-state index in [0.29, 0.717) is 23.9 Å². The third kappa shape index (κ3) is 2.33. The Hall–Kier alpha value is -1.52. The Labute approximate surface area is 119 Å². The first kappa shape index (κ1) is 12.5. The maximum atomic E-state index is 6.18. The van der Waals surface area contributed by atoms with Crippen molar-refractivity contribution in [1.29, 1.82) is 0 Å². The summed E-state index contributed by atoms with van der Waals surface area (Å²) >= 11 is 12.0. The fourth-order valence-corrected chi connectivity index (χ4v) is 2.47. The first-order chi connectivity index (χ1) is 9.29. The maximum absolute atomic E-state index is 6.18. The average molecular weight is 296 g/mol. The molecule has 2 aromatic heterocycles. The summed E-state index contributed by atoms with van der Waals surface area (Å²) < 4.78 is 6.93. The van der Waals surface area contributed by atoms with Crippen molar-refractivity contribution in [1.82, 2.24) is 14.7 Å². The minimum Gasteiger partial charge on any atom is -0.364 e. The van der Waals surface area contributed by atoms with E-state index < -0.39 is 0 Å². The van der Waals surface area contributed by atoms with Gasteiger partial charge < -0.3 is 9.09 Å². The predicted molar refractivity (Wildman–Crippen MR) is 74.8 cm³/mol. The molecule has 0 radical (unpaired) electrons. The molecule has 98 valence electrons. The quantitative estimate of drug-likeness (QED) is 0.692. The van der Waals surface area contributed by atoms with Crippen molar-refractivity contribution in [2.24, 2.45) is 0 Å². The zero-order valence-electron chi connectivity index (χ0n) is 10.0. The van der Waals surface area contributed by atoms with Gasteiger partial charge in [0.05, 0.1) is 17.1 Å². The Morgan fingerprint density at radius 3 is 2.89 bits per heavy atom. The van der Waals surface area contributed by atoms with Crippen LogP contribution in [-0.2, 0) is 13.0 Å². The number of benzene rings is 1. The highest BCUT2D eigenvalue weighted by atomic mass is 35.5. The standard InChI is InChI=1S/C13H11Cl2N3O/c14-6-4-12-16-13-10(15)2-1-3-11(13)18(12)8-9-5-7-19-17-9/h1-3,5,7H,4,6,8H2. The van der Waals surface area contributed by atoms with Gasteiger partial charge in [0.2, 0.25) is 0 Å². The van der Waals surface area contributed by atoms with Crippen LogP contribution in [0.15, 0.2) is 35.1 Å². The van der Waals surface area contributed by atoms with Gasteiger partial charge >= 0.3 is 0 Å². The van der Waals surface area contributed by atoms with E-state index in [2.05, 4.69) is 14.7 Å². The van der Waals surface area contributed by atoms with Gasteiger partial charge in [-0.1, -0.05) is 22.8 Å². The van der Waals surface area contributed by atoms with Crippen molar-refractivity contribution in [3.8, 4) is 0 Å². The van der Waals surface area contributed by atoms with Crippen LogP contribution in [-0.4, -0.2) is 20.6 Å². The van der Waals surface area contributed by atoms with Gasteiger partial charge in [-0.05, 0) is 12.1 Å². The lowest BCUT2D eigenvalue weighted by molar-refractivity contribution is 0.409. The fourth-order valence-electron chi connectivity index (χ4n) is 2.09. The molecule has 0 fully saturated rings. The number of imidazole rings is 1. The molecule has 0 saturated heterocycles. The predicted octanol–water partition coefficient (Wildman–Crippen LogP) is 3.51. The summed E-state index contributed by atoms with van der Waals surface area (Å²) in [6.45, 7) is 0.597. The second-order valence-corrected chi connectivity index (χ2v) is 4.94. The van der Waals surface area contributed by atoms with E-state index in [1.54, 1.807) is 6.26 Å². The van der Waals surface area contributed by atoms with Crippen molar-refractivity contribution in [3.63, 3.8) is 0 Å². The molecule has 19 heavy (non-hydrogen) atoms. The van der Waals surface area contributed by atoms with Crippen molar-refractivity contribution in [2.45, 2.75) is 13.0 Å². The van der Waals surface area contributed by atoms with E-state index in [9.17, 15) is 0 Å². The van der Waals surface area contributed by atoms with Crippen LogP contribution in [0.1, 0.15) is 11.5 Å². The Kier molecular flexibility index (Phi) is 3.44. The summed E-state index contributed by atoms with van der Waals surface area (Å²) in [5, 5.41) is 4.58. The summed E-state index contributed by atoms with van der Waals surface area (Å²) in [4.78, 5) is 4.57. The molecule has 0 unspecified atom stereocenters. The fraction of sp³-hybridized carbons (Fsp3) is 0.231. The minimum atomic E-state index is 0.514. The van der Waals surface area contributed by atoms with Crippen LogP contribution < -0.4 is 0 Å². The first-order valence-electron chi connectivity index (χ1n) is 5.88. The van der Waals surface area contributed by atoms with E-state index in [1.807, 2.05) is 24.3 Å². The molecule has 0 atom stereocenters. The van der Waals surface area contributed by atoms with E-state index >= 15 is 0 Å². The number of nitrogens with zero attached hydrogens (tertiary/aromatic N) is 3. The first-order valence-corrected chi connectivity index (χ1v) is 6.79. The lowest BCUT2D eigenvalue weighted by Gasteiger charge is -2.05. The molecule has 2 heterocycles. The van der Waals surface area contributed by atoms with Gasteiger partial charge in [0, 0.05) is 18.4 Å². The van der Waals surface area contributed by atoms with Gasteiger partial charge in [-0.2, -0.15) is 0 Å². The van der Waals surface area contributed by atoms with Crippen molar-refractivity contribution in [2.75, 3.05) is 5.88 Å². The molecule has 3 rings (SSSR count). The number of rotatable bonds is 4. The summed E-state index contributed by atoms with van der Waals surface area (Å²) in [5.74, 6) is 1.42. The molecule has 3 aromatic rings. The van der Waals surface area contributed by atoms with Crippen molar-refractivity contribution >= 4 is 34.2 Å². The lowest BCUT2D eigenvalue weighted by atomic mass is 10.3. The Bertz CT molecular complexity index is 691. The zero-order valence-corrected chi connectivity index (χ0v) is 11.5. The number of aromatic nitrogens is 3. The number of alkyl halides is 1. The number of para-hydroxylation sites is 1. The number of hydrogen-bond acceptors (Lipinski definition) is 3. The summed E-state index contributed by atoms with van der Waals surface area (Å²) in [5.41, 5.74) is 2.62. The van der Waals surface area contributed by atoms with Crippen molar-refractivity contribution < 1.29 is 4.52 Å². The van der Waals surface area contributed by atoms with Crippen molar-refractivity contribution in [3.05, 3.63) is 47.1 Å². The third-order valence-corrected chi connectivity index (χ3v) is 3.43. The molecule has 0 aliphatic heterocycles. The molecule has 4 nitrogen and oxygen atoms in total. The number of hydrogen-bond donors (Lipinski definition) is 0. The molecule has 0 aliphatic rings. The molecule has 0 amide bonds. The van der Waals surface area contributed by atoms with E-state index in [0.717, 1.165) is 22.6 Å². The van der Waals surface area contributed by atoms with E-state index in [-0.39, 0.29) is 0 Å². The highest BCUT2D eigenvalue weighted by molar-refractivity contribution is 6.34. The molecule has 0 spiro atoms. The van der Waals surface area contributed by atoms with Crippen LogP contribution in [0.5, 0.6) is 0 Å². The van der Waals surface area contributed by atoms with Crippen LogP contribution in [0.3, 0.4) is 0 Å². The largest absolute Gasteiger partial charge is 0.364 e. The molecule has 1 aromatic carbocycles. The van der Waals surface area contributed by atoms with Crippen LogP contribution in [0.2, 0.25) is 5.02 Å². The molecule has 0 N–H and O–H groups in total. The summed E-state index contributed by atoms with van der Waals surface area (Å²) in [7, 11) is 0. The number of aryl methyl sites for hydroxylation is 1. The van der Waals surface area contributed by atoms with Crippen LogP contribution in [0, 0.1) is 0 Å². The Morgan fingerprint density at radius 1 is 1.26 bits per heavy atom. The highest BCUT2D eigenvalue weighted by Crippen LogP contribution is 2.25. The highest BCUT2D eigenvalue weighted by Gasteiger charge is 2.13. The third-order valence-electron chi connectivity index (χ3n) is 2.94. The van der Waals surface area contributed by atoms with Gasteiger partial charge in [-0.3, -0.25) is 0 Å². The Balaban J connectivity index is 2.13. The van der Waals surface area contributed by atoms with Gasteiger partial charge in [-0.15, -0.1) is 11.6 Å².